The number of hydrogen-bond acceptors (Lipinski definition) is 8. The summed E-state index contributed by atoms with van der Waals surface area (Å²) >= 11 is 0. The van der Waals surface area contributed by atoms with Crippen molar-refractivity contribution >= 4 is 26.7 Å². The fourth-order valence-electron chi connectivity index (χ4n) is 3.50. The molecule has 0 fully saturated rings. The third-order valence-electron chi connectivity index (χ3n) is 4.81. The van der Waals surface area contributed by atoms with E-state index in [0.717, 1.165) is 36.1 Å². The Morgan fingerprint density at radius 2 is 1.65 bits per heavy atom. The fourth-order valence-corrected chi connectivity index (χ4v) is 5.85. The van der Waals surface area contributed by atoms with Gasteiger partial charge in [-0.1, -0.05) is 19.4 Å². The van der Waals surface area contributed by atoms with Crippen LogP contribution < -0.4 is 4.74 Å². The second-order valence-electron chi connectivity index (χ2n) is 7.89. The average Bonchev–Trinajstić information content (AvgIpc) is 2.65. The zero-order valence-corrected chi connectivity index (χ0v) is 19.9. The average molecular weight is 453 g/mol. The summed E-state index contributed by atoms with van der Waals surface area (Å²) in [5.41, 5.74) is 1.99. The molecule has 1 heterocycles. The number of unbranched alkanes of at least 4 members (excludes halogenated alkanes) is 1. The zero-order chi connectivity index (χ0) is 23.1. The van der Waals surface area contributed by atoms with Gasteiger partial charge in [0.15, 0.2) is 0 Å². The minimum absolute atomic E-state index is 0.144. The summed E-state index contributed by atoms with van der Waals surface area (Å²) < 4.78 is 27.7. The van der Waals surface area contributed by atoms with Gasteiger partial charge in [-0.3, -0.25) is 14.4 Å². The van der Waals surface area contributed by atoms with E-state index in [0.29, 0.717) is 19.4 Å². The van der Waals surface area contributed by atoms with E-state index >= 15 is 0 Å². The minimum atomic E-state index is -3.80. The molecular weight excluding hydrogens is 420 g/mol. The number of hydrogen-bond donors (Lipinski definition) is 0. The van der Waals surface area contributed by atoms with Gasteiger partial charge in [-0.05, 0) is 37.0 Å². The Morgan fingerprint density at radius 3 is 2.19 bits per heavy atom. The number of rotatable bonds is 10. The van der Waals surface area contributed by atoms with Gasteiger partial charge in [0.05, 0.1) is 12.7 Å². The minimum Gasteiger partial charge on any atom is -0.462 e. The van der Waals surface area contributed by atoms with Crippen LogP contribution >= 0.6 is 0 Å². The first-order valence-electron chi connectivity index (χ1n) is 10.6. The van der Waals surface area contributed by atoms with E-state index < -0.39 is 32.5 Å². The molecule has 1 aliphatic heterocycles. The first-order chi connectivity index (χ1) is 14.6. The normalized spacial score (nSPS) is 17.8. The predicted molar refractivity (Wildman–Crippen MR) is 114 cm³/mol. The summed E-state index contributed by atoms with van der Waals surface area (Å²) in [6.45, 7) is 8.12. The van der Waals surface area contributed by atoms with Gasteiger partial charge in [-0.15, -0.1) is 0 Å². The van der Waals surface area contributed by atoms with E-state index in [1.165, 1.54) is 20.8 Å². The van der Waals surface area contributed by atoms with Crippen molar-refractivity contribution in [2.24, 2.45) is 0 Å². The molecule has 0 saturated carbocycles. The molecule has 9 heteroatoms. The van der Waals surface area contributed by atoms with Gasteiger partial charge in [-0.2, -0.15) is 0 Å². The Hall–Kier alpha value is -2.39. The smallest absolute Gasteiger partial charge is 0.462 e. The number of fused-ring (bicyclic) bond motifs is 1. The number of aryl methyl sites for hydroxylation is 1. The van der Waals surface area contributed by atoms with E-state index in [9.17, 15) is 14.4 Å². The van der Waals surface area contributed by atoms with Crippen molar-refractivity contribution in [1.82, 2.24) is 0 Å². The van der Waals surface area contributed by atoms with Crippen LogP contribution in [0.1, 0.15) is 71.4 Å². The highest BCUT2D eigenvalue weighted by Gasteiger charge is 2.51. The molecule has 1 unspecified atom stereocenters. The molecule has 0 radical (unpaired) electrons. The Morgan fingerprint density at radius 1 is 1.03 bits per heavy atom. The van der Waals surface area contributed by atoms with Crippen LogP contribution in [0.3, 0.4) is 0 Å². The maximum atomic E-state index is 11.5. The quantitative estimate of drug-likeness (QED) is 0.490. The lowest BCUT2D eigenvalue weighted by molar-refractivity contribution is -0.198. The summed E-state index contributed by atoms with van der Waals surface area (Å²) in [6.07, 6.45) is 4.04. The Labute approximate surface area is 184 Å². The van der Waals surface area contributed by atoms with Crippen molar-refractivity contribution in [2.45, 2.75) is 85.2 Å². The lowest BCUT2D eigenvalue weighted by Gasteiger charge is -2.36. The second-order valence-corrected chi connectivity index (χ2v) is 10.4. The van der Waals surface area contributed by atoms with E-state index in [1.54, 1.807) is 0 Å². The SMILES string of the molecule is CCCCC1(C)OCc2cc(CCC[Si](OC(C)=O)(OC(C)=O)OC(C)=O)ccc2O1. The second kappa shape index (κ2) is 10.8. The highest BCUT2D eigenvalue weighted by atomic mass is 28.4. The van der Waals surface area contributed by atoms with Gasteiger partial charge < -0.3 is 22.8 Å². The predicted octanol–water partition coefficient (Wildman–Crippen LogP) is 4.06. The van der Waals surface area contributed by atoms with Gasteiger partial charge in [0.2, 0.25) is 5.79 Å². The van der Waals surface area contributed by atoms with Crippen LogP contribution in [0.15, 0.2) is 18.2 Å². The van der Waals surface area contributed by atoms with Crippen molar-refractivity contribution < 1.29 is 37.1 Å². The van der Waals surface area contributed by atoms with Crippen LogP contribution in [0.5, 0.6) is 5.75 Å². The van der Waals surface area contributed by atoms with Crippen LogP contribution in [0.4, 0.5) is 0 Å². The van der Waals surface area contributed by atoms with Gasteiger partial charge >= 0.3 is 8.80 Å². The zero-order valence-electron chi connectivity index (χ0n) is 18.9. The van der Waals surface area contributed by atoms with Gasteiger partial charge in [0, 0.05) is 39.7 Å². The number of benzene rings is 1. The van der Waals surface area contributed by atoms with E-state index in [4.69, 9.17) is 22.8 Å². The molecule has 1 atom stereocenters. The molecule has 1 aromatic rings. The standard InChI is InChI=1S/C22H32O8Si/c1-6-7-12-22(5)26-15-20-14-19(10-11-21(20)27-22)9-8-13-31(28-16(2)23,29-17(3)24)30-18(4)25/h10-11,14H,6-9,12-13,15H2,1-5H3. The largest absolute Gasteiger partial charge is 0.705 e. The molecule has 0 bridgehead atoms. The highest BCUT2D eigenvalue weighted by molar-refractivity contribution is 6.65. The van der Waals surface area contributed by atoms with Crippen molar-refractivity contribution in [3.05, 3.63) is 29.3 Å². The summed E-state index contributed by atoms with van der Waals surface area (Å²) in [6, 6.07) is 6.07. The molecule has 0 saturated heterocycles. The third kappa shape index (κ3) is 7.66. The summed E-state index contributed by atoms with van der Waals surface area (Å²) in [5, 5.41) is 0. The molecular formula is C22H32O8Si. The molecule has 1 aromatic carbocycles. The topological polar surface area (TPSA) is 97.4 Å². The van der Waals surface area contributed by atoms with Gasteiger partial charge in [0.1, 0.15) is 5.75 Å². The first-order valence-corrected chi connectivity index (χ1v) is 12.5. The third-order valence-corrected chi connectivity index (χ3v) is 7.58. The van der Waals surface area contributed by atoms with Crippen LogP contribution in [-0.2, 0) is 45.4 Å². The maximum Gasteiger partial charge on any atom is 0.705 e. The lowest BCUT2D eigenvalue weighted by Crippen LogP contribution is -2.49. The van der Waals surface area contributed by atoms with E-state index in [-0.39, 0.29) is 6.04 Å². The molecule has 31 heavy (non-hydrogen) atoms. The molecule has 1 aliphatic rings. The van der Waals surface area contributed by atoms with Crippen molar-refractivity contribution in [2.75, 3.05) is 0 Å². The molecule has 0 aromatic heterocycles. The summed E-state index contributed by atoms with van der Waals surface area (Å²) in [5.74, 6) is -1.78. The van der Waals surface area contributed by atoms with Crippen LogP contribution in [-0.4, -0.2) is 32.5 Å². The van der Waals surface area contributed by atoms with Crippen molar-refractivity contribution in [3.8, 4) is 5.75 Å². The maximum absolute atomic E-state index is 11.5. The van der Waals surface area contributed by atoms with Gasteiger partial charge in [0.25, 0.3) is 17.9 Å². The molecule has 0 N–H and O–H groups in total. The van der Waals surface area contributed by atoms with Crippen LogP contribution in [0, 0.1) is 0 Å². The molecule has 8 nitrogen and oxygen atoms in total. The van der Waals surface area contributed by atoms with E-state index in [1.807, 2.05) is 25.1 Å². The van der Waals surface area contributed by atoms with Crippen LogP contribution in [0.25, 0.3) is 0 Å². The molecule has 172 valence electrons. The number of carbonyl (C=O) groups excluding carboxylic acids is 3. The summed E-state index contributed by atoms with van der Waals surface area (Å²) in [7, 11) is -3.80. The summed E-state index contributed by atoms with van der Waals surface area (Å²) in [4.78, 5) is 34.6. The highest BCUT2D eigenvalue weighted by Crippen LogP contribution is 2.35. The monoisotopic (exact) mass is 452 g/mol. The van der Waals surface area contributed by atoms with E-state index in [2.05, 4.69) is 6.92 Å². The van der Waals surface area contributed by atoms with Crippen molar-refractivity contribution in [3.63, 3.8) is 0 Å². The lowest BCUT2D eigenvalue weighted by atomic mass is 10.0. The molecule has 2 rings (SSSR count). The van der Waals surface area contributed by atoms with Gasteiger partial charge in [-0.25, -0.2) is 0 Å². The first kappa shape index (κ1) is 24.9. The molecule has 0 aliphatic carbocycles. The number of ether oxygens (including phenoxy) is 2. The Kier molecular flexibility index (Phi) is 8.64. The number of carbonyl (C=O) groups is 3. The van der Waals surface area contributed by atoms with Crippen LogP contribution in [0.2, 0.25) is 6.04 Å². The van der Waals surface area contributed by atoms with Crippen molar-refractivity contribution in [1.29, 1.82) is 0 Å². The fraction of sp³-hybridized carbons (Fsp3) is 0.591. The Bertz CT molecular complexity index is 768. The molecule has 0 spiro atoms. The Balaban J connectivity index is 2.05. The molecule has 0 amide bonds.